The van der Waals surface area contributed by atoms with E-state index in [0.29, 0.717) is 5.92 Å². The predicted molar refractivity (Wildman–Crippen MR) is 68.1 cm³/mol. The van der Waals surface area contributed by atoms with Crippen molar-refractivity contribution in [3.8, 4) is 0 Å². The monoisotopic (exact) mass is 235 g/mol. The molecule has 1 aromatic rings. The molecule has 2 heterocycles. The molecule has 4 nitrogen and oxygen atoms in total. The zero-order valence-corrected chi connectivity index (χ0v) is 10.8. The van der Waals surface area contributed by atoms with Crippen molar-refractivity contribution in [3.05, 3.63) is 17.6 Å². The fraction of sp³-hybridized carbons (Fsp3) is 0.692. The first-order valence-electron chi connectivity index (χ1n) is 6.31. The van der Waals surface area contributed by atoms with Gasteiger partial charge in [0, 0.05) is 18.3 Å². The maximum absolute atomic E-state index is 9.55. The number of aromatic nitrogens is 2. The zero-order chi connectivity index (χ0) is 12.4. The van der Waals surface area contributed by atoms with Crippen LogP contribution in [-0.2, 0) is 0 Å². The van der Waals surface area contributed by atoms with Crippen molar-refractivity contribution in [1.82, 2.24) is 9.97 Å². The van der Waals surface area contributed by atoms with Gasteiger partial charge in [-0.15, -0.1) is 0 Å². The van der Waals surface area contributed by atoms with E-state index in [1.54, 1.807) is 0 Å². The molecule has 0 radical (unpaired) electrons. The standard InChI is InChI=1S/C13H21N3O/c1-9-5-4-6-16(12(9)8-17)13-7-10(2)14-11(3)15-13/h7,9,12,17H,4-6,8H2,1-3H3. The Labute approximate surface area is 103 Å². The summed E-state index contributed by atoms with van der Waals surface area (Å²) in [4.78, 5) is 11.0. The number of aryl methyl sites for hydroxylation is 2. The maximum atomic E-state index is 9.55. The molecule has 1 aliphatic rings. The van der Waals surface area contributed by atoms with Crippen LogP contribution < -0.4 is 4.90 Å². The van der Waals surface area contributed by atoms with Gasteiger partial charge in [-0.3, -0.25) is 0 Å². The Balaban J connectivity index is 2.30. The second-order valence-electron chi connectivity index (χ2n) is 4.98. The summed E-state index contributed by atoms with van der Waals surface area (Å²) < 4.78 is 0. The van der Waals surface area contributed by atoms with Crippen LogP contribution in [0.3, 0.4) is 0 Å². The number of nitrogens with zero attached hydrogens (tertiary/aromatic N) is 3. The Kier molecular flexibility index (Phi) is 3.62. The van der Waals surface area contributed by atoms with Gasteiger partial charge in [0.05, 0.1) is 12.6 Å². The molecule has 2 rings (SSSR count). The van der Waals surface area contributed by atoms with E-state index in [1.165, 1.54) is 12.8 Å². The SMILES string of the molecule is Cc1cc(N2CCCC(C)C2CO)nc(C)n1. The summed E-state index contributed by atoms with van der Waals surface area (Å²) in [5, 5.41) is 9.55. The lowest BCUT2D eigenvalue weighted by atomic mass is 9.91. The number of hydrogen-bond donors (Lipinski definition) is 1. The Morgan fingerprint density at radius 2 is 2.18 bits per heavy atom. The normalized spacial score (nSPS) is 25.1. The number of aliphatic hydroxyl groups excluding tert-OH is 1. The Bertz CT molecular complexity index is 374. The van der Waals surface area contributed by atoms with Gasteiger partial charge >= 0.3 is 0 Å². The minimum atomic E-state index is 0.192. The summed E-state index contributed by atoms with van der Waals surface area (Å²) >= 11 is 0. The van der Waals surface area contributed by atoms with Crippen LogP contribution in [0.15, 0.2) is 6.07 Å². The highest BCUT2D eigenvalue weighted by atomic mass is 16.3. The number of aliphatic hydroxyl groups is 1. The molecule has 4 heteroatoms. The van der Waals surface area contributed by atoms with Crippen molar-refractivity contribution < 1.29 is 5.11 Å². The van der Waals surface area contributed by atoms with Crippen LogP contribution in [0.25, 0.3) is 0 Å². The van der Waals surface area contributed by atoms with E-state index in [0.717, 1.165) is 23.9 Å². The molecule has 1 fully saturated rings. The summed E-state index contributed by atoms with van der Waals surface area (Å²) in [6, 6.07) is 2.20. The molecular weight excluding hydrogens is 214 g/mol. The first kappa shape index (κ1) is 12.3. The molecular formula is C13H21N3O. The highest BCUT2D eigenvalue weighted by molar-refractivity contribution is 5.41. The fourth-order valence-corrected chi connectivity index (χ4v) is 2.66. The van der Waals surface area contributed by atoms with Gasteiger partial charge < -0.3 is 10.0 Å². The van der Waals surface area contributed by atoms with Gasteiger partial charge in [0.15, 0.2) is 0 Å². The van der Waals surface area contributed by atoms with Crippen molar-refractivity contribution in [2.24, 2.45) is 5.92 Å². The third kappa shape index (κ3) is 2.57. The third-order valence-electron chi connectivity index (χ3n) is 3.55. The van der Waals surface area contributed by atoms with Gasteiger partial charge in [-0.2, -0.15) is 0 Å². The van der Waals surface area contributed by atoms with Crippen molar-refractivity contribution >= 4 is 5.82 Å². The summed E-state index contributed by atoms with van der Waals surface area (Å²) in [5.41, 5.74) is 0.988. The number of piperidine rings is 1. The van der Waals surface area contributed by atoms with Gasteiger partial charge in [0.25, 0.3) is 0 Å². The predicted octanol–water partition coefficient (Wildman–Crippen LogP) is 1.69. The van der Waals surface area contributed by atoms with E-state index in [9.17, 15) is 5.11 Å². The average molecular weight is 235 g/mol. The van der Waals surface area contributed by atoms with Crippen LogP contribution in [0.1, 0.15) is 31.3 Å². The number of rotatable bonds is 2. The lowest BCUT2D eigenvalue weighted by Gasteiger charge is -2.40. The Hall–Kier alpha value is -1.16. The second kappa shape index (κ2) is 5.00. The molecule has 1 aromatic heterocycles. The van der Waals surface area contributed by atoms with E-state index in [4.69, 9.17) is 0 Å². The molecule has 1 saturated heterocycles. The molecule has 0 aromatic carbocycles. The van der Waals surface area contributed by atoms with E-state index in [1.807, 2.05) is 19.9 Å². The lowest BCUT2D eigenvalue weighted by molar-refractivity contribution is 0.202. The van der Waals surface area contributed by atoms with Crippen LogP contribution in [0, 0.1) is 19.8 Å². The van der Waals surface area contributed by atoms with E-state index >= 15 is 0 Å². The van der Waals surface area contributed by atoms with Crippen LogP contribution >= 0.6 is 0 Å². The summed E-state index contributed by atoms with van der Waals surface area (Å²) in [6.45, 7) is 7.28. The quantitative estimate of drug-likeness (QED) is 0.847. The third-order valence-corrected chi connectivity index (χ3v) is 3.55. The van der Waals surface area contributed by atoms with Crippen LogP contribution in [0.2, 0.25) is 0 Å². The molecule has 2 unspecified atom stereocenters. The first-order valence-corrected chi connectivity index (χ1v) is 6.31. The second-order valence-corrected chi connectivity index (χ2v) is 4.98. The first-order chi connectivity index (χ1) is 8.11. The van der Waals surface area contributed by atoms with Gasteiger partial charge in [-0.25, -0.2) is 9.97 Å². The van der Waals surface area contributed by atoms with Gasteiger partial charge in [0.2, 0.25) is 0 Å². The number of anilines is 1. The van der Waals surface area contributed by atoms with Gasteiger partial charge in [0.1, 0.15) is 11.6 Å². The van der Waals surface area contributed by atoms with Gasteiger partial charge in [-0.05, 0) is 32.6 Å². The van der Waals surface area contributed by atoms with Crippen molar-refractivity contribution in [3.63, 3.8) is 0 Å². The van der Waals surface area contributed by atoms with E-state index in [2.05, 4.69) is 21.8 Å². The maximum Gasteiger partial charge on any atom is 0.132 e. The average Bonchev–Trinajstić information content (AvgIpc) is 2.27. The minimum Gasteiger partial charge on any atom is -0.394 e. The zero-order valence-electron chi connectivity index (χ0n) is 10.8. The molecule has 2 atom stereocenters. The summed E-state index contributed by atoms with van der Waals surface area (Å²) in [7, 11) is 0. The molecule has 0 spiro atoms. The van der Waals surface area contributed by atoms with Crippen LogP contribution in [0.4, 0.5) is 5.82 Å². The summed E-state index contributed by atoms with van der Waals surface area (Å²) in [5.74, 6) is 2.28. The summed E-state index contributed by atoms with van der Waals surface area (Å²) in [6.07, 6.45) is 2.35. The van der Waals surface area contributed by atoms with Gasteiger partial charge in [-0.1, -0.05) is 6.92 Å². The molecule has 0 amide bonds. The Morgan fingerprint density at radius 3 is 2.82 bits per heavy atom. The van der Waals surface area contributed by atoms with Crippen molar-refractivity contribution in [1.29, 1.82) is 0 Å². The molecule has 1 aliphatic heterocycles. The smallest absolute Gasteiger partial charge is 0.132 e. The topological polar surface area (TPSA) is 49.2 Å². The molecule has 0 aliphatic carbocycles. The van der Waals surface area contributed by atoms with Crippen molar-refractivity contribution in [2.45, 2.75) is 39.7 Å². The van der Waals surface area contributed by atoms with Crippen LogP contribution in [0.5, 0.6) is 0 Å². The van der Waals surface area contributed by atoms with Crippen LogP contribution in [-0.4, -0.2) is 34.3 Å². The Morgan fingerprint density at radius 1 is 1.41 bits per heavy atom. The van der Waals surface area contributed by atoms with Crippen molar-refractivity contribution in [2.75, 3.05) is 18.1 Å². The lowest BCUT2D eigenvalue weighted by Crippen LogP contribution is -2.47. The molecule has 0 bridgehead atoms. The van der Waals surface area contributed by atoms with E-state index < -0.39 is 0 Å². The largest absolute Gasteiger partial charge is 0.394 e. The van der Waals surface area contributed by atoms with E-state index in [-0.39, 0.29) is 12.6 Å². The molecule has 17 heavy (non-hydrogen) atoms. The highest BCUT2D eigenvalue weighted by Crippen LogP contribution is 2.27. The molecule has 94 valence electrons. The number of hydrogen-bond acceptors (Lipinski definition) is 4. The minimum absolute atomic E-state index is 0.192. The fourth-order valence-electron chi connectivity index (χ4n) is 2.66. The molecule has 0 saturated carbocycles. The highest BCUT2D eigenvalue weighted by Gasteiger charge is 2.28. The molecule has 1 N–H and O–H groups in total.